The first-order chi connectivity index (χ1) is 47.8. The summed E-state index contributed by atoms with van der Waals surface area (Å²) in [4.78, 5) is 41.6. The summed E-state index contributed by atoms with van der Waals surface area (Å²) in [6.07, 6.45) is 2.40. The van der Waals surface area contributed by atoms with Gasteiger partial charge in [-0.1, -0.05) is 109 Å². The van der Waals surface area contributed by atoms with E-state index < -0.39 is 43.6 Å². The van der Waals surface area contributed by atoms with Gasteiger partial charge in [0.25, 0.3) is 0 Å². The average Bonchev–Trinajstić information content (AvgIpc) is 1.71. The van der Waals surface area contributed by atoms with Gasteiger partial charge in [-0.2, -0.15) is 17.6 Å². The molecule has 8 aromatic carbocycles. The number of carboxylic acids is 1. The van der Waals surface area contributed by atoms with E-state index in [2.05, 4.69) is 115 Å². The number of alkyl halides is 6. The number of carboxylic acid groups (broad SMARTS) is 1. The fraction of sp³-hybridized carbons (Fsp3) is 0.342. The van der Waals surface area contributed by atoms with Gasteiger partial charge in [-0.3, -0.25) is 29.2 Å². The molecule has 15 nitrogen and oxygen atoms in total. The Morgan fingerprint density at radius 2 is 0.871 bits per heavy atom. The number of oxazole rings is 2. The van der Waals surface area contributed by atoms with E-state index in [1.165, 1.54) is 24.8 Å². The predicted octanol–water partition coefficient (Wildman–Crippen LogP) is 14.2. The van der Waals surface area contributed by atoms with E-state index in [0.29, 0.717) is 103 Å². The minimum Gasteiger partial charge on any atom is -0.870 e. The maximum Gasteiger partial charge on any atom is 1.00 e. The number of hydrogen-bond donors (Lipinski definition) is 1. The van der Waals surface area contributed by atoms with Crippen LogP contribution in [0.1, 0.15) is 83.0 Å². The Hall–Kier alpha value is -8.78. The Balaban J connectivity index is 0.000000199. The van der Waals surface area contributed by atoms with E-state index >= 15 is 0 Å². The second-order valence-corrected chi connectivity index (χ2v) is 26.3. The van der Waals surface area contributed by atoms with Gasteiger partial charge in [-0.25, -0.2) is 18.7 Å². The molecule has 10 aromatic rings. The number of halogens is 6. The van der Waals surface area contributed by atoms with Crippen LogP contribution in [0.15, 0.2) is 154 Å². The molecule has 2 N–H and O–H groups in total. The molecule has 14 rings (SSSR count). The molecule has 4 fully saturated rings. The van der Waals surface area contributed by atoms with E-state index in [4.69, 9.17) is 33.0 Å². The summed E-state index contributed by atoms with van der Waals surface area (Å²) in [6.45, 7) is 7.79. The van der Waals surface area contributed by atoms with Gasteiger partial charge >= 0.3 is 44.0 Å². The van der Waals surface area contributed by atoms with Crippen molar-refractivity contribution in [2.45, 2.75) is 130 Å². The quantitative estimate of drug-likeness (QED) is 0.0433. The van der Waals surface area contributed by atoms with Crippen LogP contribution in [-0.2, 0) is 40.5 Å². The van der Waals surface area contributed by atoms with Crippen LogP contribution in [0.2, 0.25) is 0 Å². The molecule has 0 radical (unpaired) electrons. The van der Waals surface area contributed by atoms with Crippen LogP contribution in [0.4, 0.5) is 26.3 Å². The SMILES string of the molecule is COC(=O)C1CCCN1Cc1cc2nc(-c3cccc(-c4cccc(-c5ccc(CN6CCC(F)C6)cc5)c4C)c3C)oc2cc1OC(F)F.Cc1c(-c2ccc(CN3CCC(F)C3)cc2)cccc1-c1cccc(-c2nc3cc(CN4CCCC4C(=O)O)c(OC(F)F)cc3o2)c1C.[Li+].[OH-]. The average molecular weight is 1380 g/mol. The Bertz CT molecular complexity index is 4590. The number of likely N-dealkylation sites (tertiary alicyclic amines) is 4. The number of nitrogens with zero attached hydrogens (tertiary/aromatic N) is 6. The summed E-state index contributed by atoms with van der Waals surface area (Å²) in [6, 6.07) is 46.5. The van der Waals surface area contributed by atoms with Crippen molar-refractivity contribution in [3.05, 3.63) is 190 Å². The number of aromatic nitrogens is 2. The fourth-order valence-electron chi connectivity index (χ4n) is 14.8. The molecule has 4 unspecified atom stereocenters. The predicted molar refractivity (Wildman–Crippen MR) is 371 cm³/mol. The zero-order valence-electron chi connectivity index (χ0n) is 57.3. The number of ether oxygens (including phenoxy) is 3. The molecule has 4 aliphatic heterocycles. The van der Waals surface area contributed by atoms with E-state index in [9.17, 15) is 41.0 Å². The Kier molecular flexibility index (Phi) is 23.3. The van der Waals surface area contributed by atoms with Gasteiger partial charge in [-0.05, 0) is 181 Å². The number of aliphatic carboxylic acids is 1. The van der Waals surface area contributed by atoms with Crippen molar-refractivity contribution < 1.29 is 88.4 Å². The first-order valence-electron chi connectivity index (χ1n) is 33.7. The normalized spacial score (nSPS) is 18.1. The Morgan fingerprint density at radius 1 is 0.505 bits per heavy atom. The van der Waals surface area contributed by atoms with Crippen LogP contribution in [0, 0.1) is 27.7 Å². The van der Waals surface area contributed by atoms with Crippen LogP contribution >= 0.6 is 0 Å². The van der Waals surface area contributed by atoms with E-state index in [0.717, 1.165) is 116 Å². The zero-order valence-corrected chi connectivity index (χ0v) is 57.3. The Labute approximate surface area is 594 Å². The maximum absolute atomic E-state index is 13.7. The molecule has 0 aliphatic carbocycles. The smallest absolute Gasteiger partial charge is 0.870 e. The van der Waals surface area contributed by atoms with Crippen molar-refractivity contribution in [1.29, 1.82) is 0 Å². The number of carbonyl (C=O) groups excluding carboxylic acids is 1. The fourth-order valence-corrected chi connectivity index (χ4v) is 14.8. The molecule has 4 atom stereocenters. The number of hydrogen-bond acceptors (Lipinski definition) is 14. The van der Waals surface area contributed by atoms with Crippen molar-refractivity contribution in [1.82, 2.24) is 29.6 Å². The topological polar surface area (TPSA) is 177 Å². The molecule has 0 spiro atoms. The molecule has 22 heteroatoms. The molecule has 0 saturated carbocycles. The molecule has 4 aliphatic rings. The summed E-state index contributed by atoms with van der Waals surface area (Å²) in [5.41, 5.74) is 19.2. The van der Waals surface area contributed by atoms with Gasteiger partial charge in [0.2, 0.25) is 11.8 Å². The second kappa shape index (κ2) is 32.0. The number of methoxy groups -OCH3 is 1. The van der Waals surface area contributed by atoms with Crippen LogP contribution < -0.4 is 28.3 Å². The largest absolute Gasteiger partial charge is 1.00 e. The number of rotatable bonds is 20. The van der Waals surface area contributed by atoms with Crippen LogP contribution in [0.3, 0.4) is 0 Å². The number of fused-ring (bicyclic) bond motifs is 2. The van der Waals surface area contributed by atoms with Crippen molar-refractivity contribution in [3.63, 3.8) is 0 Å². The van der Waals surface area contributed by atoms with E-state index in [1.54, 1.807) is 17.0 Å². The van der Waals surface area contributed by atoms with Crippen molar-refractivity contribution >= 4 is 34.1 Å². The summed E-state index contributed by atoms with van der Waals surface area (Å²) >= 11 is 0. The van der Waals surface area contributed by atoms with Gasteiger partial charge in [-0.15, -0.1) is 0 Å². The molecule has 4 saturated heterocycles. The molecule has 2 aromatic heterocycles. The van der Waals surface area contributed by atoms with Crippen LogP contribution in [-0.4, -0.2) is 136 Å². The van der Waals surface area contributed by atoms with E-state index in [1.807, 2.05) is 49.1 Å². The standard InChI is InChI=1S/C40H40F3N3O4.C39H38F3N3O4.Li.H2O/c1-24-30(27-14-12-26(13-15-27)21-45-18-16-29(41)23-45)7-4-8-31(24)32-9-5-10-33(25(32)2)38-44-34-19-28(36(50-40(42)43)20-37(34)49-38)22-46-17-6-11-35(46)39(47)48-3;1-23-29(26-13-11-25(12-14-26)20-44-17-15-28(40)22-44)6-3-7-30(23)31-8-4-9-32(24(31)2)37-43-33-18-27(21-45-16-5-10-34(45)38(46)47)35(49-39(41)42)19-36(33)48-37;;/h4-5,7-10,12-15,19-20,29,35,40H,6,11,16-18,21-23H2,1-3H3;3-4,6-9,11-14,18-19,28,34,39H,5,10,15-17,20-22H2,1-2H3,(H,46,47);;1H2/q;;+1;/p-1. The van der Waals surface area contributed by atoms with Gasteiger partial charge < -0.3 is 33.6 Å². The number of benzene rings is 8. The minimum atomic E-state index is -3.05. The first-order valence-corrected chi connectivity index (χ1v) is 33.7. The van der Waals surface area contributed by atoms with Crippen molar-refractivity contribution in [2.75, 3.05) is 46.4 Å². The first kappa shape index (κ1) is 73.4. The maximum atomic E-state index is 13.7. The van der Waals surface area contributed by atoms with Crippen molar-refractivity contribution in [3.8, 4) is 78.9 Å². The number of esters is 1. The molecular weight excluding hydrogens is 1300 g/mol. The number of carbonyl (C=O) groups is 2. The zero-order chi connectivity index (χ0) is 69.2. The third-order valence-corrected chi connectivity index (χ3v) is 20.0. The third kappa shape index (κ3) is 16.3. The molecule has 0 amide bonds. The Morgan fingerprint density at radius 3 is 1.24 bits per heavy atom. The van der Waals surface area contributed by atoms with Crippen LogP contribution in [0.25, 0.3) is 89.6 Å². The minimum absolute atomic E-state index is 0. The van der Waals surface area contributed by atoms with Crippen LogP contribution in [0.5, 0.6) is 11.5 Å². The van der Waals surface area contributed by atoms with E-state index in [-0.39, 0.29) is 54.9 Å². The third-order valence-electron chi connectivity index (χ3n) is 20.0. The second-order valence-electron chi connectivity index (χ2n) is 26.3. The molecule has 101 heavy (non-hydrogen) atoms. The van der Waals surface area contributed by atoms with Gasteiger partial charge in [0.05, 0.1) is 7.11 Å². The van der Waals surface area contributed by atoms with Gasteiger partial charge in [0, 0.05) is 86.7 Å². The van der Waals surface area contributed by atoms with Gasteiger partial charge in [0.15, 0.2) is 11.2 Å². The summed E-state index contributed by atoms with van der Waals surface area (Å²) in [5, 5.41) is 9.63. The summed E-state index contributed by atoms with van der Waals surface area (Å²) < 4.78 is 108. The summed E-state index contributed by atoms with van der Waals surface area (Å²) in [7, 11) is 1.35. The summed E-state index contributed by atoms with van der Waals surface area (Å²) in [5.74, 6) is -0.629. The molecule has 522 valence electrons. The molecule has 0 bridgehead atoms. The molecular formula is C79H79F6LiN6O9. The van der Waals surface area contributed by atoms with Crippen molar-refractivity contribution in [2.24, 2.45) is 0 Å². The molecule has 6 heterocycles. The van der Waals surface area contributed by atoms with Gasteiger partial charge in [0.1, 0.15) is 47.0 Å². The monoisotopic (exact) mass is 1380 g/mol.